The van der Waals surface area contributed by atoms with Crippen molar-refractivity contribution in [1.82, 2.24) is 15.5 Å². The number of hydrogen-bond donors (Lipinski definition) is 2. The molecule has 0 aromatic carbocycles. The van der Waals surface area contributed by atoms with E-state index in [0.717, 1.165) is 32.7 Å². The fourth-order valence-corrected chi connectivity index (χ4v) is 2.05. The van der Waals surface area contributed by atoms with Crippen LogP contribution >= 0.6 is 11.8 Å². The van der Waals surface area contributed by atoms with E-state index < -0.39 is 0 Å². The zero-order valence-corrected chi connectivity index (χ0v) is 10.2. The van der Waals surface area contributed by atoms with E-state index in [1.807, 2.05) is 16.7 Å². The van der Waals surface area contributed by atoms with Crippen LogP contribution in [0.25, 0.3) is 0 Å². The van der Waals surface area contributed by atoms with Gasteiger partial charge in [0, 0.05) is 26.2 Å². The predicted octanol–water partition coefficient (Wildman–Crippen LogP) is 0.744. The molecule has 1 heterocycles. The van der Waals surface area contributed by atoms with Crippen LogP contribution in [-0.2, 0) is 0 Å². The van der Waals surface area contributed by atoms with Gasteiger partial charge in [-0.25, -0.2) is 4.79 Å². The molecule has 1 aliphatic heterocycles. The summed E-state index contributed by atoms with van der Waals surface area (Å²) in [5, 5.41) is 6.16. The summed E-state index contributed by atoms with van der Waals surface area (Å²) in [4.78, 5) is 13.0. The Morgan fingerprint density at radius 1 is 1.47 bits per heavy atom. The maximum atomic E-state index is 11.2. The largest absolute Gasteiger partial charge is 0.336 e. The SMILES string of the molecule is CSCCCCNCCN1CCNC1=O. The van der Waals surface area contributed by atoms with Gasteiger partial charge in [-0.3, -0.25) is 0 Å². The number of unbranched alkanes of at least 4 members (excludes halogenated alkanes) is 1. The summed E-state index contributed by atoms with van der Waals surface area (Å²) in [5.41, 5.74) is 0. The first-order chi connectivity index (χ1) is 7.34. The lowest BCUT2D eigenvalue weighted by Crippen LogP contribution is -2.34. The van der Waals surface area contributed by atoms with Crippen LogP contribution in [-0.4, -0.2) is 55.7 Å². The van der Waals surface area contributed by atoms with Crippen molar-refractivity contribution in [2.75, 3.05) is 44.7 Å². The molecule has 0 aromatic heterocycles. The lowest BCUT2D eigenvalue weighted by Gasteiger charge is -2.14. The third-order valence-corrected chi connectivity index (χ3v) is 3.15. The Balaban J connectivity index is 1.86. The first-order valence-electron chi connectivity index (χ1n) is 5.57. The summed E-state index contributed by atoms with van der Waals surface area (Å²) in [6.45, 7) is 4.45. The molecule has 0 aromatic rings. The number of nitrogens with zero attached hydrogens (tertiary/aromatic N) is 1. The van der Waals surface area contributed by atoms with Gasteiger partial charge in [0.15, 0.2) is 0 Å². The van der Waals surface area contributed by atoms with Gasteiger partial charge < -0.3 is 15.5 Å². The first kappa shape index (κ1) is 12.6. The molecule has 0 unspecified atom stereocenters. The normalized spacial score (nSPS) is 15.8. The van der Waals surface area contributed by atoms with E-state index in [9.17, 15) is 4.79 Å². The van der Waals surface area contributed by atoms with Crippen molar-refractivity contribution in [3.05, 3.63) is 0 Å². The van der Waals surface area contributed by atoms with Gasteiger partial charge in [0.25, 0.3) is 0 Å². The molecule has 0 saturated carbocycles. The van der Waals surface area contributed by atoms with Gasteiger partial charge in [0.05, 0.1) is 0 Å². The number of urea groups is 1. The average molecular weight is 231 g/mol. The Bertz CT molecular complexity index is 190. The van der Waals surface area contributed by atoms with Crippen LogP contribution in [0.4, 0.5) is 4.79 Å². The van der Waals surface area contributed by atoms with Gasteiger partial charge >= 0.3 is 6.03 Å². The van der Waals surface area contributed by atoms with Crippen molar-refractivity contribution in [2.24, 2.45) is 0 Å². The van der Waals surface area contributed by atoms with Crippen molar-refractivity contribution >= 4 is 17.8 Å². The molecule has 1 rings (SSSR count). The predicted molar refractivity (Wildman–Crippen MR) is 65.5 cm³/mol. The number of carbonyl (C=O) groups excluding carboxylic acids is 1. The van der Waals surface area contributed by atoms with Crippen LogP contribution < -0.4 is 10.6 Å². The van der Waals surface area contributed by atoms with E-state index in [4.69, 9.17) is 0 Å². The Morgan fingerprint density at radius 3 is 3.00 bits per heavy atom. The van der Waals surface area contributed by atoms with E-state index in [-0.39, 0.29) is 6.03 Å². The first-order valence-corrected chi connectivity index (χ1v) is 6.96. The molecule has 15 heavy (non-hydrogen) atoms. The van der Waals surface area contributed by atoms with E-state index >= 15 is 0 Å². The Hall–Kier alpha value is -0.420. The fraction of sp³-hybridized carbons (Fsp3) is 0.900. The second kappa shape index (κ2) is 7.82. The monoisotopic (exact) mass is 231 g/mol. The van der Waals surface area contributed by atoms with Gasteiger partial charge in [0.1, 0.15) is 0 Å². The smallest absolute Gasteiger partial charge is 0.317 e. The molecule has 1 aliphatic rings. The van der Waals surface area contributed by atoms with E-state index in [2.05, 4.69) is 16.9 Å². The molecule has 2 N–H and O–H groups in total. The molecule has 1 saturated heterocycles. The van der Waals surface area contributed by atoms with Gasteiger partial charge in [-0.2, -0.15) is 11.8 Å². The molecule has 0 aliphatic carbocycles. The van der Waals surface area contributed by atoms with E-state index in [1.54, 1.807) is 0 Å². The highest BCUT2D eigenvalue weighted by molar-refractivity contribution is 7.98. The molecule has 2 amide bonds. The van der Waals surface area contributed by atoms with Crippen LogP contribution in [0.3, 0.4) is 0 Å². The summed E-state index contributed by atoms with van der Waals surface area (Å²) in [6, 6.07) is 0.0826. The third kappa shape index (κ3) is 5.28. The molecule has 5 heteroatoms. The summed E-state index contributed by atoms with van der Waals surface area (Å²) < 4.78 is 0. The molecule has 4 nitrogen and oxygen atoms in total. The lowest BCUT2D eigenvalue weighted by molar-refractivity contribution is 0.217. The second-order valence-corrected chi connectivity index (χ2v) is 4.65. The number of rotatable bonds is 8. The van der Waals surface area contributed by atoms with Gasteiger partial charge in [-0.1, -0.05) is 0 Å². The van der Waals surface area contributed by atoms with E-state index in [1.165, 1.54) is 18.6 Å². The van der Waals surface area contributed by atoms with E-state index in [0.29, 0.717) is 0 Å². The summed E-state index contributed by atoms with van der Waals surface area (Å²) in [7, 11) is 0. The fourth-order valence-electron chi connectivity index (χ4n) is 1.56. The zero-order valence-electron chi connectivity index (χ0n) is 9.42. The lowest BCUT2D eigenvalue weighted by atomic mass is 10.3. The minimum atomic E-state index is 0.0826. The molecule has 0 radical (unpaired) electrons. The number of carbonyl (C=O) groups is 1. The van der Waals surface area contributed by atoms with Gasteiger partial charge in [-0.15, -0.1) is 0 Å². The van der Waals surface area contributed by atoms with Crippen LogP contribution in [0.2, 0.25) is 0 Å². The molecule has 0 atom stereocenters. The van der Waals surface area contributed by atoms with Gasteiger partial charge in [0.2, 0.25) is 0 Å². The van der Waals surface area contributed by atoms with Crippen LogP contribution in [0.5, 0.6) is 0 Å². The quantitative estimate of drug-likeness (QED) is 0.606. The maximum absolute atomic E-state index is 11.2. The molecule has 1 fully saturated rings. The highest BCUT2D eigenvalue weighted by Gasteiger charge is 2.17. The number of hydrogen-bond acceptors (Lipinski definition) is 3. The number of amides is 2. The van der Waals surface area contributed by atoms with Crippen molar-refractivity contribution in [3.8, 4) is 0 Å². The van der Waals surface area contributed by atoms with Crippen molar-refractivity contribution in [1.29, 1.82) is 0 Å². The Labute approximate surface area is 96.2 Å². The Kier molecular flexibility index (Phi) is 6.59. The minimum Gasteiger partial charge on any atom is -0.336 e. The molecule has 88 valence electrons. The molecular weight excluding hydrogens is 210 g/mol. The van der Waals surface area contributed by atoms with Gasteiger partial charge in [-0.05, 0) is 31.4 Å². The number of thioether (sulfide) groups is 1. The highest BCUT2D eigenvalue weighted by Crippen LogP contribution is 1.98. The zero-order chi connectivity index (χ0) is 10.9. The summed E-state index contributed by atoms with van der Waals surface area (Å²) in [5.74, 6) is 1.25. The topological polar surface area (TPSA) is 44.4 Å². The molecule has 0 spiro atoms. The standard InChI is InChI=1S/C10H21N3OS/c1-15-9-3-2-4-11-5-7-13-8-6-12-10(13)14/h11H,2-9H2,1H3,(H,12,14). The van der Waals surface area contributed by atoms with Crippen LogP contribution in [0.15, 0.2) is 0 Å². The minimum absolute atomic E-state index is 0.0826. The number of nitrogens with one attached hydrogen (secondary N) is 2. The average Bonchev–Trinajstić information content (AvgIpc) is 2.63. The van der Waals surface area contributed by atoms with Crippen molar-refractivity contribution in [3.63, 3.8) is 0 Å². The maximum Gasteiger partial charge on any atom is 0.317 e. The van der Waals surface area contributed by atoms with Crippen molar-refractivity contribution in [2.45, 2.75) is 12.8 Å². The van der Waals surface area contributed by atoms with Crippen LogP contribution in [0, 0.1) is 0 Å². The molecular formula is C10H21N3OS. The van der Waals surface area contributed by atoms with Crippen molar-refractivity contribution < 1.29 is 4.79 Å². The Morgan fingerprint density at radius 2 is 2.33 bits per heavy atom. The highest BCUT2D eigenvalue weighted by atomic mass is 32.2. The summed E-state index contributed by atoms with van der Waals surface area (Å²) in [6.07, 6.45) is 4.64. The molecule has 0 bridgehead atoms. The second-order valence-electron chi connectivity index (χ2n) is 3.67. The summed E-state index contributed by atoms with van der Waals surface area (Å²) >= 11 is 1.90. The third-order valence-electron chi connectivity index (χ3n) is 2.46. The van der Waals surface area contributed by atoms with Crippen LogP contribution in [0.1, 0.15) is 12.8 Å².